The number of halogens is 6. The van der Waals surface area contributed by atoms with Crippen LogP contribution in [-0.4, -0.2) is 25.3 Å². The Balaban J connectivity index is 1.11. The Bertz CT molecular complexity index is 1600. The van der Waals surface area contributed by atoms with Gasteiger partial charge in [0, 0.05) is 11.1 Å². The summed E-state index contributed by atoms with van der Waals surface area (Å²) in [5.41, 5.74) is -0.340. The molecule has 4 nitrogen and oxygen atoms in total. The average molecular weight is 691 g/mol. The molecule has 0 bridgehead atoms. The van der Waals surface area contributed by atoms with Crippen LogP contribution >= 0.6 is 0 Å². The first-order valence-corrected chi connectivity index (χ1v) is 17.5. The second-order valence-corrected chi connectivity index (χ2v) is 13.2. The Labute approximate surface area is 284 Å². The molecule has 0 amide bonds. The lowest BCUT2D eigenvalue weighted by Gasteiger charge is -2.32. The second kappa shape index (κ2) is 16.8. The number of rotatable bonds is 13. The minimum absolute atomic E-state index is 0.0781. The maximum atomic E-state index is 15.3. The Morgan fingerprint density at radius 3 is 1.73 bits per heavy atom. The third kappa shape index (κ3) is 8.38. The molecule has 2 fully saturated rings. The maximum absolute atomic E-state index is 15.3. The summed E-state index contributed by atoms with van der Waals surface area (Å²) in [6.07, 6.45) is 7.39. The van der Waals surface area contributed by atoms with E-state index in [9.17, 15) is 22.4 Å². The summed E-state index contributed by atoms with van der Waals surface area (Å²) in [6, 6.07) is 8.08. The van der Waals surface area contributed by atoms with Gasteiger partial charge in [0.1, 0.15) is 6.10 Å². The molecule has 5 rings (SSSR count). The summed E-state index contributed by atoms with van der Waals surface area (Å²) in [6.45, 7) is 4.17. The van der Waals surface area contributed by atoms with Crippen molar-refractivity contribution in [3.63, 3.8) is 0 Å². The molecular weight excluding hydrogens is 646 g/mol. The molecule has 0 heterocycles. The van der Waals surface area contributed by atoms with E-state index in [4.69, 9.17) is 14.2 Å². The summed E-state index contributed by atoms with van der Waals surface area (Å²) in [4.78, 5) is 13.0. The summed E-state index contributed by atoms with van der Waals surface area (Å²) < 4.78 is 106. The number of benzene rings is 3. The molecule has 2 saturated carbocycles. The highest BCUT2D eigenvalue weighted by molar-refractivity contribution is 5.73. The number of esters is 1. The van der Waals surface area contributed by atoms with Crippen molar-refractivity contribution in [2.24, 2.45) is 5.92 Å². The van der Waals surface area contributed by atoms with Crippen molar-refractivity contribution in [1.29, 1.82) is 0 Å². The zero-order valence-electron chi connectivity index (χ0n) is 28.1. The first-order chi connectivity index (χ1) is 23.6. The van der Waals surface area contributed by atoms with E-state index in [2.05, 4.69) is 6.92 Å². The van der Waals surface area contributed by atoms with Crippen molar-refractivity contribution < 1.29 is 45.3 Å². The van der Waals surface area contributed by atoms with Crippen LogP contribution in [0.3, 0.4) is 0 Å². The van der Waals surface area contributed by atoms with Crippen LogP contribution in [0.15, 0.2) is 36.4 Å². The van der Waals surface area contributed by atoms with Gasteiger partial charge in [-0.25, -0.2) is 17.6 Å². The number of carbonyl (C=O) groups is 1. The van der Waals surface area contributed by atoms with E-state index < -0.39 is 40.5 Å². The normalized spacial score (nSPS) is 21.0. The first kappa shape index (κ1) is 36.6. The molecule has 3 aromatic carbocycles. The fourth-order valence-corrected chi connectivity index (χ4v) is 7.17. The second-order valence-electron chi connectivity index (χ2n) is 13.2. The number of hydrogen-bond donors (Lipinski definition) is 0. The van der Waals surface area contributed by atoms with Crippen LogP contribution in [0.25, 0.3) is 11.1 Å². The molecule has 0 radical (unpaired) electrons. The van der Waals surface area contributed by atoms with Gasteiger partial charge < -0.3 is 14.2 Å². The van der Waals surface area contributed by atoms with Crippen LogP contribution < -0.4 is 9.47 Å². The van der Waals surface area contributed by atoms with Crippen LogP contribution in [0.5, 0.6) is 11.5 Å². The lowest BCUT2D eigenvalue weighted by atomic mass is 9.78. The van der Waals surface area contributed by atoms with Gasteiger partial charge >= 0.3 is 5.97 Å². The predicted octanol–water partition coefficient (Wildman–Crippen LogP) is 11.1. The fraction of sp³-hybridized carbons (Fsp3) is 0.513. The van der Waals surface area contributed by atoms with Gasteiger partial charge in [-0.05, 0) is 106 Å². The molecule has 0 N–H and O–H groups in total. The van der Waals surface area contributed by atoms with E-state index in [1.165, 1.54) is 24.3 Å². The third-order valence-electron chi connectivity index (χ3n) is 9.98. The summed E-state index contributed by atoms with van der Waals surface area (Å²) in [5.74, 6) is -8.41. The molecule has 266 valence electrons. The highest BCUT2D eigenvalue weighted by Crippen LogP contribution is 2.42. The predicted molar refractivity (Wildman–Crippen MR) is 175 cm³/mol. The molecule has 0 aliphatic heterocycles. The van der Waals surface area contributed by atoms with E-state index in [0.29, 0.717) is 63.5 Å². The van der Waals surface area contributed by atoms with E-state index in [1.54, 1.807) is 13.0 Å². The number of unbranched alkanes of at least 4 members (excludes halogenated alkanes) is 3. The highest BCUT2D eigenvalue weighted by Gasteiger charge is 2.34. The van der Waals surface area contributed by atoms with Gasteiger partial charge in [0.05, 0.1) is 19.1 Å². The molecular formula is C39H44F6O4. The standard InChI is InChI=1S/C39H44F6O4/c1-3-5-6-7-22-48-32-20-18-28(34(41)38(32)45)23-8-10-25(11-9-23)39(46)49-26-14-12-24(13-15-26)27-16-17-29(35(42)33(27)40)30-19-21-31(47-4-2)37(44)36(30)43/h16-21,23-26H,3-15,22H2,1-2H3. The summed E-state index contributed by atoms with van der Waals surface area (Å²) >= 11 is 0. The monoisotopic (exact) mass is 690 g/mol. The Hall–Kier alpha value is -3.69. The Morgan fingerprint density at radius 2 is 1.10 bits per heavy atom. The van der Waals surface area contributed by atoms with Crippen LogP contribution in [0, 0.1) is 40.8 Å². The van der Waals surface area contributed by atoms with Crippen molar-refractivity contribution in [1.82, 2.24) is 0 Å². The fourth-order valence-electron chi connectivity index (χ4n) is 7.17. The van der Waals surface area contributed by atoms with E-state index in [0.717, 1.165) is 31.7 Å². The quantitative estimate of drug-likeness (QED) is 0.102. The largest absolute Gasteiger partial charge is 0.491 e. The van der Waals surface area contributed by atoms with Crippen molar-refractivity contribution >= 4 is 5.97 Å². The Kier molecular flexibility index (Phi) is 12.6. The van der Waals surface area contributed by atoms with Gasteiger partial charge in [0.15, 0.2) is 34.8 Å². The smallest absolute Gasteiger partial charge is 0.309 e. The SMILES string of the molecule is CCCCCCOc1ccc(C2CCC(C(=O)OC3CCC(c4ccc(-c5ccc(OCC)c(F)c5F)c(F)c4F)CC3)CC2)c(F)c1F. The highest BCUT2D eigenvalue weighted by atomic mass is 19.2. The van der Waals surface area contributed by atoms with Crippen LogP contribution in [-0.2, 0) is 9.53 Å². The minimum Gasteiger partial charge on any atom is -0.491 e. The van der Waals surface area contributed by atoms with Crippen molar-refractivity contribution in [2.75, 3.05) is 13.2 Å². The third-order valence-corrected chi connectivity index (χ3v) is 9.98. The average Bonchev–Trinajstić information content (AvgIpc) is 3.11. The number of ether oxygens (including phenoxy) is 3. The molecule has 0 unspecified atom stereocenters. The van der Waals surface area contributed by atoms with E-state index in [-0.39, 0.29) is 59.1 Å². The van der Waals surface area contributed by atoms with Gasteiger partial charge in [-0.1, -0.05) is 44.4 Å². The summed E-state index contributed by atoms with van der Waals surface area (Å²) in [5, 5.41) is 0. The van der Waals surface area contributed by atoms with E-state index >= 15 is 8.78 Å². The molecule has 2 aliphatic carbocycles. The first-order valence-electron chi connectivity index (χ1n) is 17.5. The van der Waals surface area contributed by atoms with Gasteiger partial charge in [-0.15, -0.1) is 0 Å². The van der Waals surface area contributed by atoms with Crippen molar-refractivity contribution in [3.8, 4) is 22.6 Å². The maximum Gasteiger partial charge on any atom is 0.309 e. The van der Waals surface area contributed by atoms with Crippen molar-refractivity contribution in [3.05, 3.63) is 82.4 Å². The van der Waals surface area contributed by atoms with Gasteiger partial charge in [-0.3, -0.25) is 4.79 Å². The molecule has 3 aromatic rings. The van der Waals surface area contributed by atoms with E-state index in [1.807, 2.05) is 0 Å². The van der Waals surface area contributed by atoms with Crippen LogP contribution in [0.1, 0.15) is 114 Å². The van der Waals surface area contributed by atoms with Crippen molar-refractivity contribution in [2.45, 2.75) is 109 Å². The molecule has 10 heteroatoms. The van der Waals surface area contributed by atoms with Gasteiger partial charge in [-0.2, -0.15) is 8.78 Å². The van der Waals surface area contributed by atoms with Crippen LogP contribution in [0.2, 0.25) is 0 Å². The zero-order valence-corrected chi connectivity index (χ0v) is 28.1. The molecule has 0 atom stereocenters. The Morgan fingerprint density at radius 1 is 0.592 bits per heavy atom. The van der Waals surface area contributed by atoms with Crippen LogP contribution in [0.4, 0.5) is 26.3 Å². The summed E-state index contributed by atoms with van der Waals surface area (Å²) in [7, 11) is 0. The topological polar surface area (TPSA) is 44.8 Å². The molecule has 0 aromatic heterocycles. The molecule has 2 aliphatic rings. The molecule has 0 spiro atoms. The minimum atomic E-state index is -1.32. The zero-order chi connectivity index (χ0) is 35.1. The van der Waals surface area contributed by atoms with Gasteiger partial charge in [0.2, 0.25) is 11.6 Å². The van der Waals surface area contributed by atoms with Gasteiger partial charge in [0.25, 0.3) is 0 Å². The number of carbonyl (C=O) groups excluding carboxylic acids is 1. The molecule has 49 heavy (non-hydrogen) atoms. The lowest BCUT2D eigenvalue weighted by molar-refractivity contribution is -0.157. The molecule has 0 saturated heterocycles. The number of hydrogen-bond acceptors (Lipinski definition) is 4. The lowest BCUT2D eigenvalue weighted by Crippen LogP contribution is -2.30.